The third kappa shape index (κ3) is 6.13. The Morgan fingerprint density at radius 3 is 2.70 bits per heavy atom. The van der Waals surface area contributed by atoms with E-state index in [2.05, 4.69) is 20.6 Å². The van der Waals surface area contributed by atoms with Crippen LogP contribution in [0.25, 0.3) is 0 Å². The second-order valence-corrected chi connectivity index (χ2v) is 4.75. The highest BCUT2D eigenvalue weighted by Crippen LogP contribution is 2.07. The molecule has 1 aromatic heterocycles. The van der Waals surface area contributed by atoms with Crippen molar-refractivity contribution in [1.82, 2.24) is 10.3 Å². The molecular weight excluding hydrogens is 297 g/mol. The van der Waals surface area contributed by atoms with Crippen molar-refractivity contribution in [3.63, 3.8) is 0 Å². The van der Waals surface area contributed by atoms with Gasteiger partial charge in [0.25, 0.3) is 0 Å². The van der Waals surface area contributed by atoms with Gasteiger partial charge in [-0.2, -0.15) is 0 Å². The average Bonchev–Trinajstić information content (AvgIpc) is 2.56. The Labute approximate surface area is 133 Å². The van der Waals surface area contributed by atoms with E-state index in [1.54, 1.807) is 6.20 Å². The van der Waals surface area contributed by atoms with E-state index in [0.717, 1.165) is 5.69 Å². The molecule has 0 atom stereocenters. The number of aliphatic imine (C=N–C) groups is 1. The predicted octanol–water partition coefficient (Wildman–Crippen LogP) is 1.31. The number of aromatic nitrogens is 1. The average molecular weight is 315 g/mol. The van der Waals surface area contributed by atoms with Gasteiger partial charge < -0.3 is 16.4 Å². The van der Waals surface area contributed by atoms with Crippen molar-refractivity contribution in [1.29, 1.82) is 0 Å². The quantitative estimate of drug-likeness (QED) is 0.553. The molecule has 23 heavy (non-hydrogen) atoms. The maximum absolute atomic E-state index is 12.8. The van der Waals surface area contributed by atoms with E-state index in [0.29, 0.717) is 18.7 Å². The molecule has 0 fully saturated rings. The second kappa shape index (κ2) is 8.47. The normalized spacial score (nSPS) is 11.1. The van der Waals surface area contributed by atoms with Crippen LogP contribution in [0.15, 0.2) is 53.7 Å². The summed E-state index contributed by atoms with van der Waals surface area (Å²) in [7, 11) is 0. The van der Waals surface area contributed by atoms with Crippen molar-refractivity contribution in [3.05, 3.63) is 60.2 Å². The largest absolute Gasteiger partial charge is 0.370 e. The summed E-state index contributed by atoms with van der Waals surface area (Å²) in [6.07, 6.45) is 2.44. The standard InChI is InChI=1S/C16H18FN5O/c17-12-4-6-14(7-5-12)22-15(23)11-21-16(18)20-10-8-13-3-1-2-9-19-13/h1-7,9H,8,10-11H2,(H,22,23)(H3,18,20,21). The van der Waals surface area contributed by atoms with Gasteiger partial charge in [0, 0.05) is 30.5 Å². The van der Waals surface area contributed by atoms with E-state index in [1.807, 2.05) is 18.2 Å². The number of guanidine groups is 1. The number of nitrogens with zero attached hydrogens (tertiary/aromatic N) is 2. The van der Waals surface area contributed by atoms with Gasteiger partial charge in [-0.25, -0.2) is 9.38 Å². The fraction of sp³-hybridized carbons (Fsp3) is 0.188. The number of pyridine rings is 1. The van der Waals surface area contributed by atoms with E-state index in [1.165, 1.54) is 24.3 Å². The lowest BCUT2D eigenvalue weighted by atomic mass is 10.3. The van der Waals surface area contributed by atoms with Crippen LogP contribution in [0.1, 0.15) is 5.69 Å². The minimum atomic E-state index is -0.359. The number of nitrogens with two attached hydrogens (primary N) is 1. The van der Waals surface area contributed by atoms with E-state index in [-0.39, 0.29) is 24.2 Å². The summed E-state index contributed by atoms with van der Waals surface area (Å²) in [6, 6.07) is 11.2. The molecule has 2 aromatic rings. The zero-order valence-corrected chi connectivity index (χ0v) is 12.5. The summed E-state index contributed by atoms with van der Waals surface area (Å²) in [5.41, 5.74) is 7.14. The molecule has 0 bridgehead atoms. The van der Waals surface area contributed by atoms with Gasteiger partial charge in [-0.1, -0.05) is 6.07 Å². The Morgan fingerprint density at radius 1 is 1.22 bits per heavy atom. The topological polar surface area (TPSA) is 92.4 Å². The molecule has 1 aromatic carbocycles. The highest BCUT2D eigenvalue weighted by atomic mass is 19.1. The number of rotatable bonds is 6. The monoisotopic (exact) mass is 315 g/mol. The lowest BCUT2D eigenvalue weighted by Crippen LogP contribution is -2.34. The first-order chi connectivity index (χ1) is 11.1. The van der Waals surface area contributed by atoms with Crippen LogP contribution >= 0.6 is 0 Å². The van der Waals surface area contributed by atoms with Gasteiger partial charge >= 0.3 is 0 Å². The molecule has 0 saturated carbocycles. The van der Waals surface area contributed by atoms with Gasteiger partial charge in [0.1, 0.15) is 12.4 Å². The molecular formula is C16H18FN5O. The molecule has 6 nitrogen and oxygen atoms in total. The van der Waals surface area contributed by atoms with Crippen LogP contribution in [0.4, 0.5) is 10.1 Å². The Hall–Kier alpha value is -2.96. The SMILES string of the molecule is NC(=NCC(=O)Nc1ccc(F)cc1)NCCc1ccccn1. The van der Waals surface area contributed by atoms with Crippen LogP contribution in [0.5, 0.6) is 0 Å². The summed E-state index contributed by atoms with van der Waals surface area (Å²) >= 11 is 0. The summed E-state index contributed by atoms with van der Waals surface area (Å²) in [4.78, 5) is 19.8. The number of carbonyl (C=O) groups excluding carboxylic acids is 1. The first kappa shape index (κ1) is 16.4. The summed E-state index contributed by atoms with van der Waals surface area (Å²) < 4.78 is 12.8. The molecule has 4 N–H and O–H groups in total. The number of hydrogen-bond donors (Lipinski definition) is 3. The van der Waals surface area contributed by atoms with Gasteiger partial charge in [-0.15, -0.1) is 0 Å². The first-order valence-electron chi connectivity index (χ1n) is 7.12. The summed E-state index contributed by atoms with van der Waals surface area (Å²) in [5.74, 6) is -0.497. The molecule has 0 aliphatic heterocycles. The van der Waals surface area contributed by atoms with Crippen LogP contribution in [0, 0.1) is 5.82 Å². The maximum atomic E-state index is 12.8. The molecule has 0 unspecified atom stereocenters. The fourth-order valence-electron chi connectivity index (χ4n) is 1.81. The highest BCUT2D eigenvalue weighted by molar-refractivity contribution is 5.93. The number of anilines is 1. The van der Waals surface area contributed by atoms with Crippen LogP contribution in [0.2, 0.25) is 0 Å². The predicted molar refractivity (Wildman–Crippen MR) is 87.5 cm³/mol. The number of hydrogen-bond acceptors (Lipinski definition) is 3. The van der Waals surface area contributed by atoms with Crippen molar-refractivity contribution in [3.8, 4) is 0 Å². The number of benzene rings is 1. The van der Waals surface area contributed by atoms with E-state index >= 15 is 0 Å². The lowest BCUT2D eigenvalue weighted by molar-refractivity contribution is -0.114. The van der Waals surface area contributed by atoms with Gasteiger partial charge in [-0.05, 0) is 36.4 Å². The molecule has 0 aliphatic carbocycles. The molecule has 0 radical (unpaired) electrons. The summed E-state index contributed by atoms with van der Waals surface area (Å²) in [6.45, 7) is 0.464. The number of carbonyl (C=O) groups is 1. The van der Waals surface area contributed by atoms with E-state index < -0.39 is 0 Å². The zero-order valence-electron chi connectivity index (χ0n) is 12.5. The van der Waals surface area contributed by atoms with Crippen molar-refractivity contribution in [2.45, 2.75) is 6.42 Å². The number of amides is 1. The van der Waals surface area contributed by atoms with Crippen LogP contribution in [-0.4, -0.2) is 29.9 Å². The maximum Gasteiger partial charge on any atom is 0.246 e. The van der Waals surface area contributed by atoms with E-state index in [4.69, 9.17) is 5.73 Å². The molecule has 0 aliphatic rings. The minimum absolute atomic E-state index is 0.111. The Bertz CT molecular complexity index is 658. The Morgan fingerprint density at radius 2 is 2.00 bits per heavy atom. The number of halogens is 1. The number of nitrogens with one attached hydrogen (secondary N) is 2. The summed E-state index contributed by atoms with van der Waals surface area (Å²) in [5, 5.41) is 5.52. The van der Waals surface area contributed by atoms with Crippen molar-refractivity contribution >= 4 is 17.6 Å². The fourth-order valence-corrected chi connectivity index (χ4v) is 1.81. The van der Waals surface area contributed by atoms with Crippen molar-refractivity contribution < 1.29 is 9.18 Å². The van der Waals surface area contributed by atoms with Gasteiger partial charge in [0.15, 0.2) is 5.96 Å². The molecule has 1 amide bonds. The minimum Gasteiger partial charge on any atom is -0.370 e. The second-order valence-electron chi connectivity index (χ2n) is 4.75. The first-order valence-corrected chi connectivity index (χ1v) is 7.12. The smallest absolute Gasteiger partial charge is 0.246 e. The zero-order chi connectivity index (χ0) is 16.5. The molecule has 0 saturated heterocycles. The Kier molecular flexibility index (Phi) is 6.05. The van der Waals surface area contributed by atoms with Gasteiger partial charge in [0.2, 0.25) is 5.91 Å². The molecule has 2 rings (SSSR count). The molecule has 1 heterocycles. The molecule has 120 valence electrons. The molecule has 0 spiro atoms. The Balaban J connectivity index is 1.71. The van der Waals surface area contributed by atoms with Crippen LogP contribution in [-0.2, 0) is 11.2 Å². The van der Waals surface area contributed by atoms with Gasteiger partial charge in [0.05, 0.1) is 0 Å². The van der Waals surface area contributed by atoms with Gasteiger partial charge in [-0.3, -0.25) is 9.78 Å². The molecule has 7 heteroatoms. The van der Waals surface area contributed by atoms with E-state index in [9.17, 15) is 9.18 Å². The van der Waals surface area contributed by atoms with Crippen LogP contribution in [0.3, 0.4) is 0 Å². The lowest BCUT2D eigenvalue weighted by Gasteiger charge is -2.06. The van der Waals surface area contributed by atoms with Crippen LogP contribution < -0.4 is 16.4 Å². The van der Waals surface area contributed by atoms with Crippen molar-refractivity contribution in [2.75, 3.05) is 18.4 Å². The van der Waals surface area contributed by atoms with Crippen molar-refractivity contribution in [2.24, 2.45) is 10.7 Å². The third-order valence-electron chi connectivity index (χ3n) is 2.93. The highest BCUT2D eigenvalue weighted by Gasteiger charge is 2.02. The third-order valence-corrected chi connectivity index (χ3v) is 2.93.